The molecule has 0 radical (unpaired) electrons. The van der Waals surface area contributed by atoms with Crippen LogP contribution in [0.1, 0.15) is 55.4 Å². The molecule has 0 aromatic carbocycles. The van der Waals surface area contributed by atoms with Gasteiger partial charge in [-0.1, -0.05) is 6.92 Å². The summed E-state index contributed by atoms with van der Waals surface area (Å²) < 4.78 is 21.9. The first-order valence-electron chi connectivity index (χ1n) is 8.13. The Morgan fingerprint density at radius 1 is 1.08 bits per heavy atom. The SMILES string of the molecule is COC(=O)C(NC(=O)OC(C)(C)C)C(C)B1OC(C)(C)C(C)(C)O1. The monoisotopic (exact) mass is 343 g/mol. The fourth-order valence-electron chi connectivity index (χ4n) is 2.23. The summed E-state index contributed by atoms with van der Waals surface area (Å²) in [5.74, 6) is -1.05. The Bertz CT molecular complexity index is 469. The largest absolute Gasteiger partial charge is 0.467 e. The zero-order chi connectivity index (χ0) is 18.9. The zero-order valence-corrected chi connectivity index (χ0v) is 16.2. The highest BCUT2D eigenvalue weighted by atomic mass is 16.7. The van der Waals surface area contributed by atoms with Crippen LogP contribution < -0.4 is 5.32 Å². The van der Waals surface area contributed by atoms with Crippen molar-refractivity contribution in [2.45, 2.75) is 84.1 Å². The van der Waals surface area contributed by atoms with Crippen molar-refractivity contribution >= 4 is 19.2 Å². The lowest BCUT2D eigenvalue weighted by Gasteiger charge is -2.32. The first-order valence-corrected chi connectivity index (χ1v) is 8.13. The van der Waals surface area contributed by atoms with Crippen molar-refractivity contribution < 1.29 is 28.4 Å². The Labute approximate surface area is 144 Å². The number of alkyl carbamates (subject to hydrolysis) is 1. The number of ether oxygens (including phenoxy) is 2. The lowest BCUT2D eigenvalue weighted by molar-refractivity contribution is -0.143. The van der Waals surface area contributed by atoms with Crippen LogP contribution in [0.25, 0.3) is 0 Å². The second kappa shape index (κ2) is 6.92. The number of methoxy groups -OCH3 is 1. The molecule has 1 aliphatic heterocycles. The summed E-state index contributed by atoms with van der Waals surface area (Å²) in [7, 11) is 0.609. The first-order chi connectivity index (χ1) is 10.7. The van der Waals surface area contributed by atoms with E-state index in [0.717, 1.165) is 0 Å². The summed E-state index contributed by atoms with van der Waals surface area (Å²) in [6.45, 7) is 14.7. The van der Waals surface area contributed by atoms with Gasteiger partial charge in [0.15, 0.2) is 0 Å². The van der Waals surface area contributed by atoms with Crippen LogP contribution in [0, 0.1) is 0 Å². The lowest BCUT2D eigenvalue weighted by Crippen LogP contribution is -2.49. The van der Waals surface area contributed by atoms with Crippen LogP contribution in [0.4, 0.5) is 4.79 Å². The van der Waals surface area contributed by atoms with Crippen molar-refractivity contribution in [1.29, 1.82) is 0 Å². The molecule has 7 nitrogen and oxygen atoms in total. The maximum absolute atomic E-state index is 12.1. The van der Waals surface area contributed by atoms with E-state index in [1.807, 2.05) is 27.7 Å². The molecule has 0 aromatic heterocycles. The molecule has 8 heteroatoms. The predicted octanol–water partition coefficient (Wildman–Crippen LogP) is 2.54. The van der Waals surface area contributed by atoms with Gasteiger partial charge >= 0.3 is 19.2 Å². The minimum Gasteiger partial charge on any atom is -0.467 e. The second-order valence-electron chi connectivity index (χ2n) is 8.13. The maximum Gasteiger partial charge on any atom is 0.463 e. The number of hydrogen-bond acceptors (Lipinski definition) is 6. The highest BCUT2D eigenvalue weighted by Crippen LogP contribution is 2.40. The molecule has 2 atom stereocenters. The first kappa shape index (κ1) is 20.8. The summed E-state index contributed by atoms with van der Waals surface area (Å²) in [5, 5.41) is 2.56. The van der Waals surface area contributed by atoms with Crippen LogP contribution in [0.2, 0.25) is 5.82 Å². The molecule has 0 bridgehead atoms. The van der Waals surface area contributed by atoms with Crippen molar-refractivity contribution in [3.63, 3.8) is 0 Å². The van der Waals surface area contributed by atoms with Gasteiger partial charge in [0.05, 0.1) is 18.3 Å². The molecule has 24 heavy (non-hydrogen) atoms. The summed E-state index contributed by atoms with van der Waals surface area (Å²) in [4.78, 5) is 24.2. The van der Waals surface area contributed by atoms with Crippen molar-refractivity contribution in [2.24, 2.45) is 0 Å². The van der Waals surface area contributed by atoms with E-state index in [-0.39, 0.29) is 0 Å². The van der Waals surface area contributed by atoms with Gasteiger partial charge in [0, 0.05) is 5.82 Å². The molecule has 1 heterocycles. The van der Waals surface area contributed by atoms with Gasteiger partial charge in [0.2, 0.25) is 0 Å². The van der Waals surface area contributed by atoms with E-state index in [1.54, 1.807) is 27.7 Å². The average Bonchev–Trinajstić information content (AvgIpc) is 2.61. The normalized spacial score (nSPS) is 21.8. The Kier molecular flexibility index (Phi) is 5.99. The van der Waals surface area contributed by atoms with Crippen LogP contribution >= 0.6 is 0 Å². The van der Waals surface area contributed by atoms with E-state index < -0.39 is 47.8 Å². The number of amides is 1. The van der Waals surface area contributed by atoms with E-state index in [1.165, 1.54) is 7.11 Å². The molecular weight excluding hydrogens is 313 g/mol. The van der Waals surface area contributed by atoms with Gasteiger partial charge in [-0.25, -0.2) is 9.59 Å². The minimum absolute atomic E-state index is 0.467. The van der Waals surface area contributed by atoms with Crippen molar-refractivity contribution in [1.82, 2.24) is 5.32 Å². The highest BCUT2D eigenvalue weighted by molar-refractivity contribution is 6.48. The molecule has 0 aliphatic carbocycles. The maximum atomic E-state index is 12.1. The number of rotatable bonds is 4. The zero-order valence-electron chi connectivity index (χ0n) is 16.2. The summed E-state index contributed by atoms with van der Waals surface area (Å²) >= 11 is 0. The summed E-state index contributed by atoms with van der Waals surface area (Å²) in [5.41, 5.74) is -1.73. The average molecular weight is 343 g/mol. The van der Waals surface area contributed by atoms with Gasteiger partial charge in [-0.05, 0) is 48.5 Å². The van der Waals surface area contributed by atoms with Gasteiger partial charge in [0.25, 0.3) is 0 Å². The molecule has 1 amide bonds. The number of esters is 1. The third-order valence-corrected chi connectivity index (χ3v) is 4.35. The fraction of sp³-hybridized carbons (Fsp3) is 0.875. The van der Waals surface area contributed by atoms with Gasteiger partial charge < -0.3 is 24.1 Å². The second-order valence-corrected chi connectivity index (χ2v) is 8.13. The molecule has 1 rings (SSSR count). The molecular formula is C16H30BNO6. The number of carbonyl (C=O) groups excluding carboxylic acids is 2. The predicted molar refractivity (Wildman–Crippen MR) is 90.7 cm³/mol. The molecule has 1 aliphatic rings. The van der Waals surface area contributed by atoms with Crippen LogP contribution in [-0.4, -0.2) is 49.1 Å². The standard InChI is InChI=1S/C16H30BNO6/c1-10(17-23-15(5,6)16(7,8)24-17)11(12(19)21-9)18-13(20)22-14(2,3)4/h10-11H,1-9H3,(H,18,20). The number of carbonyl (C=O) groups is 2. The molecule has 0 aromatic rings. The molecule has 0 saturated carbocycles. The topological polar surface area (TPSA) is 83.1 Å². The van der Waals surface area contributed by atoms with Crippen LogP contribution in [0.5, 0.6) is 0 Å². The van der Waals surface area contributed by atoms with Gasteiger partial charge in [-0.15, -0.1) is 0 Å². The Morgan fingerprint density at radius 3 is 1.92 bits per heavy atom. The molecule has 0 spiro atoms. The van der Waals surface area contributed by atoms with E-state index in [4.69, 9.17) is 18.8 Å². The fourth-order valence-corrected chi connectivity index (χ4v) is 2.23. The molecule has 2 unspecified atom stereocenters. The third kappa shape index (κ3) is 4.86. The quantitative estimate of drug-likeness (QED) is 0.624. The lowest BCUT2D eigenvalue weighted by atomic mass is 9.68. The van der Waals surface area contributed by atoms with Crippen molar-refractivity contribution in [2.75, 3.05) is 7.11 Å². The Balaban J connectivity index is 2.89. The van der Waals surface area contributed by atoms with Crippen LogP contribution in [0.15, 0.2) is 0 Å². The Hall–Kier alpha value is -1.28. The third-order valence-electron chi connectivity index (χ3n) is 4.35. The number of hydrogen-bond donors (Lipinski definition) is 1. The van der Waals surface area contributed by atoms with Crippen LogP contribution in [0.3, 0.4) is 0 Å². The highest BCUT2D eigenvalue weighted by Gasteiger charge is 2.55. The summed E-state index contributed by atoms with van der Waals surface area (Å²) in [6.07, 6.45) is -0.693. The summed E-state index contributed by atoms with van der Waals surface area (Å²) in [6, 6.07) is -0.945. The minimum atomic E-state index is -0.945. The molecule has 1 N–H and O–H groups in total. The van der Waals surface area contributed by atoms with Gasteiger partial charge in [-0.2, -0.15) is 0 Å². The molecule has 1 saturated heterocycles. The van der Waals surface area contributed by atoms with E-state index in [9.17, 15) is 9.59 Å². The van der Waals surface area contributed by atoms with E-state index >= 15 is 0 Å². The molecule has 138 valence electrons. The van der Waals surface area contributed by atoms with Crippen molar-refractivity contribution in [3.8, 4) is 0 Å². The van der Waals surface area contributed by atoms with Gasteiger partial charge in [0.1, 0.15) is 11.6 Å². The van der Waals surface area contributed by atoms with Crippen LogP contribution in [-0.2, 0) is 23.6 Å². The van der Waals surface area contributed by atoms with E-state index in [2.05, 4.69) is 5.32 Å². The smallest absolute Gasteiger partial charge is 0.463 e. The van der Waals surface area contributed by atoms with Crippen molar-refractivity contribution in [3.05, 3.63) is 0 Å². The van der Waals surface area contributed by atoms with E-state index in [0.29, 0.717) is 0 Å². The molecule has 1 fully saturated rings. The van der Waals surface area contributed by atoms with Gasteiger partial charge in [-0.3, -0.25) is 0 Å². The Morgan fingerprint density at radius 2 is 1.54 bits per heavy atom. The number of nitrogens with one attached hydrogen (secondary N) is 1.